The highest BCUT2D eigenvalue weighted by molar-refractivity contribution is 5.01. The minimum absolute atomic E-state index is 0.331. The largest absolute Gasteiger partial charge is 0.396 e. The first-order valence-electron chi connectivity index (χ1n) is 5.39. The zero-order valence-electron chi connectivity index (χ0n) is 8.95. The maximum atomic E-state index is 8.61. The number of pyridine rings is 1. The Kier molecular flexibility index (Phi) is 5.23. The smallest absolute Gasteiger partial charge is 0.171 e. The van der Waals surface area contributed by atoms with E-state index in [1.54, 1.807) is 0 Å². The summed E-state index contributed by atoms with van der Waals surface area (Å²) in [4.78, 5) is 0. The molecule has 14 heavy (non-hydrogen) atoms. The van der Waals surface area contributed by atoms with Crippen LogP contribution in [-0.2, 0) is 6.54 Å². The second kappa shape index (κ2) is 6.55. The van der Waals surface area contributed by atoms with Gasteiger partial charge in [-0.25, -0.2) is 4.57 Å². The van der Waals surface area contributed by atoms with Crippen molar-refractivity contribution in [2.24, 2.45) is 0 Å². The van der Waals surface area contributed by atoms with Gasteiger partial charge in [-0.15, -0.1) is 0 Å². The maximum absolute atomic E-state index is 8.61. The van der Waals surface area contributed by atoms with Crippen LogP contribution in [0.4, 0.5) is 0 Å². The second-order valence-corrected chi connectivity index (χ2v) is 3.76. The number of aromatic nitrogens is 1. The van der Waals surface area contributed by atoms with E-state index >= 15 is 0 Å². The molecule has 0 amide bonds. The van der Waals surface area contributed by atoms with E-state index in [1.807, 2.05) is 0 Å². The number of hydrogen-bond acceptors (Lipinski definition) is 1. The van der Waals surface area contributed by atoms with E-state index in [0.29, 0.717) is 6.61 Å². The summed E-state index contributed by atoms with van der Waals surface area (Å²) in [6.07, 6.45) is 8.78. The number of aliphatic hydroxyl groups is 1. The summed E-state index contributed by atoms with van der Waals surface area (Å²) in [5, 5.41) is 8.61. The average Bonchev–Trinajstić information content (AvgIpc) is 2.18. The molecule has 0 radical (unpaired) electrons. The molecule has 0 saturated heterocycles. The Bertz CT molecular complexity index is 260. The van der Waals surface area contributed by atoms with Gasteiger partial charge < -0.3 is 5.11 Å². The van der Waals surface area contributed by atoms with E-state index in [1.165, 1.54) is 18.4 Å². The van der Waals surface area contributed by atoms with Gasteiger partial charge in [0.2, 0.25) is 0 Å². The molecule has 0 aliphatic heterocycles. The highest BCUT2D eigenvalue weighted by atomic mass is 16.2. The van der Waals surface area contributed by atoms with E-state index in [4.69, 9.17) is 5.11 Å². The Balaban J connectivity index is 2.18. The number of nitrogens with zero attached hydrogens (tertiary/aromatic N) is 1. The number of aryl methyl sites for hydroxylation is 2. The van der Waals surface area contributed by atoms with Gasteiger partial charge in [-0.05, 0) is 25.8 Å². The van der Waals surface area contributed by atoms with Crippen LogP contribution in [0.15, 0.2) is 24.5 Å². The number of unbranched alkanes of at least 4 members (excludes halogenated alkanes) is 3. The Hall–Kier alpha value is -0.890. The van der Waals surface area contributed by atoms with Crippen LogP contribution in [-0.4, -0.2) is 11.7 Å². The zero-order chi connectivity index (χ0) is 10.2. The minimum atomic E-state index is 0.331. The number of rotatable bonds is 6. The van der Waals surface area contributed by atoms with Crippen LogP contribution >= 0.6 is 0 Å². The molecule has 78 valence electrons. The third-order valence-corrected chi connectivity index (χ3v) is 2.33. The average molecular weight is 194 g/mol. The molecule has 1 N–H and O–H groups in total. The van der Waals surface area contributed by atoms with E-state index in [2.05, 4.69) is 36.0 Å². The SMILES string of the molecule is Cc1ccc[n+](CCCCCCO)c1. The van der Waals surface area contributed by atoms with Crippen molar-refractivity contribution >= 4 is 0 Å². The molecule has 1 aromatic rings. The fourth-order valence-electron chi connectivity index (χ4n) is 1.55. The fourth-order valence-corrected chi connectivity index (χ4v) is 1.55. The van der Waals surface area contributed by atoms with Gasteiger partial charge in [0.1, 0.15) is 6.54 Å². The molecule has 0 bridgehead atoms. The van der Waals surface area contributed by atoms with Gasteiger partial charge in [0.05, 0.1) is 0 Å². The Morgan fingerprint density at radius 1 is 1.21 bits per heavy atom. The van der Waals surface area contributed by atoms with E-state index in [0.717, 1.165) is 19.4 Å². The lowest BCUT2D eigenvalue weighted by atomic mass is 10.2. The lowest BCUT2D eigenvalue weighted by molar-refractivity contribution is -0.697. The van der Waals surface area contributed by atoms with E-state index in [9.17, 15) is 0 Å². The van der Waals surface area contributed by atoms with Crippen molar-refractivity contribution < 1.29 is 9.67 Å². The van der Waals surface area contributed by atoms with Crippen molar-refractivity contribution in [2.75, 3.05) is 6.61 Å². The summed E-state index contributed by atoms with van der Waals surface area (Å²) in [6.45, 7) is 3.53. The molecule has 2 heteroatoms. The monoisotopic (exact) mass is 194 g/mol. The lowest BCUT2D eigenvalue weighted by Gasteiger charge is -1.98. The first-order valence-corrected chi connectivity index (χ1v) is 5.39. The molecular formula is C12H20NO+. The van der Waals surface area contributed by atoms with Crippen molar-refractivity contribution in [3.8, 4) is 0 Å². The van der Waals surface area contributed by atoms with Crippen LogP contribution in [0.1, 0.15) is 31.2 Å². The molecule has 1 aromatic heterocycles. The van der Waals surface area contributed by atoms with Crippen LogP contribution < -0.4 is 4.57 Å². The molecular weight excluding hydrogens is 174 g/mol. The standard InChI is InChI=1S/C12H20NO/c1-12-7-6-9-13(11-12)8-4-2-3-5-10-14/h6-7,9,11,14H,2-5,8,10H2,1H3/q+1. The van der Waals surface area contributed by atoms with Gasteiger partial charge in [0.25, 0.3) is 0 Å². The highest BCUT2D eigenvalue weighted by Gasteiger charge is 1.99. The number of hydrogen-bond donors (Lipinski definition) is 1. The summed E-state index contributed by atoms with van der Waals surface area (Å²) in [7, 11) is 0. The Morgan fingerprint density at radius 3 is 2.71 bits per heavy atom. The maximum Gasteiger partial charge on any atom is 0.171 e. The highest BCUT2D eigenvalue weighted by Crippen LogP contribution is 1.99. The molecule has 0 unspecified atom stereocenters. The Labute approximate surface area is 86.2 Å². The zero-order valence-corrected chi connectivity index (χ0v) is 8.95. The topological polar surface area (TPSA) is 24.1 Å². The van der Waals surface area contributed by atoms with Crippen LogP contribution in [0.5, 0.6) is 0 Å². The summed E-state index contributed by atoms with van der Waals surface area (Å²) >= 11 is 0. The molecule has 0 aliphatic rings. The van der Waals surface area contributed by atoms with Gasteiger partial charge >= 0.3 is 0 Å². The van der Waals surface area contributed by atoms with Crippen molar-refractivity contribution in [3.63, 3.8) is 0 Å². The van der Waals surface area contributed by atoms with Crippen molar-refractivity contribution in [3.05, 3.63) is 30.1 Å². The number of aliphatic hydroxyl groups excluding tert-OH is 1. The first-order chi connectivity index (χ1) is 6.83. The lowest BCUT2D eigenvalue weighted by Crippen LogP contribution is -2.32. The van der Waals surface area contributed by atoms with E-state index in [-0.39, 0.29) is 0 Å². The van der Waals surface area contributed by atoms with Gasteiger partial charge in [-0.3, -0.25) is 0 Å². The van der Waals surface area contributed by atoms with Gasteiger partial charge in [0.15, 0.2) is 12.4 Å². The third-order valence-electron chi connectivity index (χ3n) is 2.33. The van der Waals surface area contributed by atoms with Crippen molar-refractivity contribution in [1.29, 1.82) is 0 Å². The Morgan fingerprint density at radius 2 is 2.00 bits per heavy atom. The van der Waals surface area contributed by atoms with Gasteiger partial charge in [-0.2, -0.15) is 0 Å². The first kappa shape index (κ1) is 11.2. The summed E-state index contributed by atoms with van der Waals surface area (Å²) in [6, 6.07) is 4.20. The third kappa shape index (κ3) is 4.38. The minimum Gasteiger partial charge on any atom is -0.396 e. The van der Waals surface area contributed by atoms with Crippen molar-refractivity contribution in [2.45, 2.75) is 39.2 Å². The van der Waals surface area contributed by atoms with Crippen LogP contribution in [0.2, 0.25) is 0 Å². The van der Waals surface area contributed by atoms with Crippen LogP contribution in [0.3, 0.4) is 0 Å². The molecule has 0 aliphatic carbocycles. The summed E-state index contributed by atoms with van der Waals surface area (Å²) < 4.78 is 2.23. The molecule has 1 heterocycles. The van der Waals surface area contributed by atoms with E-state index < -0.39 is 0 Å². The predicted octanol–water partition coefficient (Wildman–Crippen LogP) is 1.84. The molecule has 0 aromatic carbocycles. The molecule has 0 atom stereocenters. The quantitative estimate of drug-likeness (QED) is 0.542. The predicted molar refractivity (Wildman–Crippen MR) is 56.9 cm³/mol. The van der Waals surface area contributed by atoms with Crippen molar-refractivity contribution in [1.82, 2.24) is 0 Å². The summed E-state index contributed by atoms with van der Waals surface area (Å²) in [5.74, 6) is 0. The van der Waals surface area contributed by atoms with Gasteiger partial charge in [-0.1, -0.05) is 6.42 Å². The molecule has 0 saturated carbocycles. The molecule has 2 nitrogen and oxygen atoms in total. The normalized spacial score (nSPS) is 10.4. The van der Waals surface area contributed by atoms with Crippen LogP contribution in [0.25, 0.3) is 0 Å². The fraction of sp³-hybridized carbons (Fsp3) is 0.583. The van der Waals surface area contributed by atoms with Gasteiger partial charge in [0, 0.05) is 24.7 Å². The molecule has 1 rings (SSSR count). The summed E-state index contributed by atoms with van der Waals surface area (Å²) in [5.41, 5.74) is 1.31. The van der Waals surface area contributed by atoms with Crippen LogP contribution in [0, 0.1) is 6.92 Å². The molecule has 0 fully saturated rings. The second-order valence-electron chi connectivity index (χ2n) is 3.76. The molecule has 0 spiro atoms.